The minimum atomic E-state index is -0.521. The Morgan fingerprint density at radius 2 is 0.809 bits per heavy atom. The number of benzene rings is 2. The number of hydrogen-bond donors (Lipinski definition) is 0. The zero-order valence-corrected chi connectivity index (χ0v) is 80.1. The van der Waals surface area contributed by atoms with E-state index in [9.17, 15) is 28.8 Å². The smallest absolute Gasteiger partial charge is 0.349 e. The Morgan fingerprint density at radius 1 is 0.458 bits per heavy atom. The van der Waals surface area contributed by atoms with E-state index in [-0.39, 0.29) is 94.9 Å². The van der Waals surface area contributed by atoms with E-state index in [4.69, 9.17) is 31.5 Å². The zero-order valence-electron chi connectivity index (χ0n) is 79.4. The van der Waals surface area contributed by atoms with Crippen LogP contribution in [0.2, 0.25) is 5.02 Å². The zero-order chi connectivity index (χ0) is 94.7. The van der Waals surface area contributed by atoms with Crippen molar-refractivity contribution in [2.24, 2.45) is 0 Å². The molecule has 131 heavy (non-hydrogen) atoms. The molecule has 6 atom stereocenters. The van der Waals surface area contributed by atoms with Crippen LogP contribution in [0.3, 0.4) is 0 Å². The largest absolute Gasteiger partial charge is 0.355 e. The molecule has 1 aliphatic carbocycles. The number of hydrogen-bond acceptors (Lipinski definition) is 19. The number of rotatable bonds is 21. The summed E-state index contributed by atoms with van der Waals surface area (Å²) in [4.78, 5) is 137. The van der Waals surface area contributed by atoms with Crippen LogP contribution in [0.4, 0.5) is 26.2 Å². The van der Waals surface area contributed by atoms with E-state index in [1.165, 1.54) is 34.9 Å². The molecule has 0 N–H and O–H groups in total. The number of anilines is 3. The third-order valence-electron chi connectivity index (χ3n) is 25.8. The van der Waals surface area contributed by atoms with Crippen LogP contribution < -0.4 is 31.8 Å². The first-order valence-corrected chi connectivity index (χ1v) is 46.3. The van der Waals surface area contributed by atoms with Gasteiger partial charge in [-0.15, -0.1) is 0 Å². The van der Waals surface area contributed by atoms with Gasteiger partial charge in [-0.2, -0.15) is 15.0 Å². The number of pyridine rings is 6. The van der Waals surface area contributed by atoms with Crippen molar-refractivity contribution < 1.29 is 23.2 Å². The maximum Gasteiger partial charge on any atom is 0.355 e. The predicted octanol–water partition coefficient (Wildman–Crippen LogP) is 18.7. The highest BCUT2D eigenvalue weighted by Crippen LogP contribution is 2.42. The van der Waals surface area contributed by atoms with Gasteiger partial charge in [0.2, 0.25) is 17.7 Å². The van der Waals surface area contributed by atoms with Crippen LogP contribution in [-0.4, -0.2) is 184 Å². The van der Waals surface area contributed by atoms with Crippen LogP contribution in [0.25, 0.3) is 78.3 Å². The van der Waals surface area contributed by atoms with Gasteiger partial charge in [-0.3, -0.25) is 34.2 Å². The topological polar surface area (TPSA) is 256 Å². The first-order chi connectivity index (χ1) is 62.5. The second-order valence-corrected chi connectivity index (χ2v) is 37.1. The molecule has 3 fully saturated rings. The second-order valence-electron chi connectivity index (χ2n) is 36.7. The number of halogens is 3. The molecule has 3 aliphatic heterocycles. The Morgan fingerprint density at radius 3 is 1.16 bits per heavy atom. The molecule has 0 saturated carbocycles. The van der Waals surface area contributed by atoms with Gasteiger partial charge in [-0.1, -0.05) is 169 Å². The Labute approximate surface area is 771 Å². The van der Waals surface area contributed by atoms with Crippen molar-refractivity contribution in [1.29, 1.82) is 0 Å². The second kappa shape index (κ2) is 40.6. The molecule has 688 valence electrons. The van der Waals surface area contributed by atoms with Crippen LogP contribution in [0.15, 0.2) is 162 Å². The summed E-state index contributed by atoms with van der Waals surface area (Å²) in [5.41, 5.74) is 12.1. The normalized spacial score (nSPS) is 17.9. The number of carbonyl (C=O) groups is 3. The fraction of sp³-hybridized carbons (Fsp3) is 0.427. The van der Waals surface area contributed by atoms with E-state index in [1.54, 1.807) is 37.5 Å². The number of piperazine rings is 3. The summed E-state index contributed by atoms with van der Waals surface area (Å²) in [5.74, 6) is 0.171. The summed E-state index contributed by atoms with van der Waals surface area (Å²) in [5, 5.41) is 2.09. The summed E-state index contributed by atoms with van der Waals surface area (Å²) < 4.78 is 37.4. The van der Waals surface area contributed by atoms with Crippen LogP contribution >= 0.6 is 11.6 Å². The highest BCUT2D eigenvalue weighted by molar-refractivity contribution is 6.33. The van der Waals surface area contributed by atoms with Crippen molar-refractivity contribution in [1.82, 2.24) is 78.2 Å². The van der Waals surface area contributed by atoms with E-state index >= 15 is 8.78 Å². The Kier molecular flexibility index (Phi) is 29.8. The lowest BCUT2D eigenvalue weighted by molar-refractivity contribution is -0.129. The molecule has 6 unspecified atom stereocenters. The molecule has 2 aromatic carbocycles. The van der Waals surface area contributed by atoms with Crippen LogP contribution in [0, 0.1) is 25.5 Å². The molecule has 0 bridgehead atoms. The highest BCUT2D eigenvalue weighted by atomic mass is 35.5. The average Bonchev–Trinajstić information content (AvgIpc) is 0.737. The first-order valence-electron chi connectivity index (χ1n) is 46.0. The SMILES string of the molecule is C=CC(=O)N1CC(C)N(c2nc(=O)n(-c3c(C)ccnc3C(C)C)c3nc(-c4ccccc4C(C)C)c(F)cc23)CC1C.C=CC(=O)N1CC(C)N(c2nc(=O)n(-c3c(C)ccnc3C(C)C)c3nc(C4=CCCCC4)c(Cl)cc23)CC1C.C=CC(=O)N1CC(C)N(c2nc(=O)n(-c3c(CN(CC)CC)ccnc3C(C)C)c3nc(-c4ccccc4C(C)C)c(F)cc23)CC1C. The minimum absolute atomic E-state index is 0.00876. The molecule has 0 spiro atoms. The molecule has 15 rings (SSSR count). The van der Waals surface area contributed by atoms with Gasteiger partial charge in [0.15, 0.2) is 16.9 Å². The van der Waals surface area contributed by atoms with Gasteiger partial charge < -0.3 is 29.4 Å². The lowest BCUT2D eigenvalue weighted by Crippen LogP contribution is -2.58. The molecule has 11 aromatic rings. The molecule has 3 amide bonds. The van der Waals surface area contributed by atoms with Crippen molar-refractivity contribution in [3.63, 3.8) is 0 Å². The van der Waals surface area contributed by atoms with Crippen molar-refractivity contribution in [3.8, 4) is 39.6 Å². The number of allylic oxidation sites excluding steroid dienone is 2. The molecule has 25 nitrogen and oxygen atoms in total. The Bertz CT molecular complexity index is 6450. The van der Waals surface area contributed by atoms with Gasteiger partial charge >= 0.3 is 17.1 Å². The molecular formula is C103H124ClF2N19O6. The standard InChI is InChI=1S/C38H48FN7O2.C34H39FN6O2.C31H37ClN6O2/c1-10-32(47)44-20-26(9)45(21-25(44)8)36-30-19-31(39)34(29-16-14-13-15-28(29)23(4)5)41-37(30)46(38(48)42-36)35-27(22-43(11-2)12-3)17-18-40-33(35)24(6)7;1-9-28(42)39-17-23(8)40(18-22(39)7)32-26-16-27(35)30(25-13-11-10-12-24(25)19(2)3)37-33(26)41(34(43)38-32)31-21(6)14-15-36-29(31)20(4)5;1-7-25(39)36-16-21(6)37(17-20(36)5)29-23-15-24(32)27(22-11-9-8-10-12-22)34-30(23)38(31(40)35-29)28-19(4)13-14-33-26(28)18(2)3/h10,13-19,23-26H,1,11-12,20-22H2,2-9H3;9-16,19-20,22-23H,1,17-18H2,2-8H3;7,11,13-15,18,20-21H,1,8-10,12,16-17H2,2-6H3. The number of aryl methyl sites for hydroxylation is 2. The summed E-state index contributed by atoms with van der Waals surface area (Å²) in [6.07, 6.45) is 15.6. The maximum absolute atomic E-state index is 16.5. The van der Waals surface area contributed by atoms with Crippen LogP contribution in [0.1, 0.15) is 230 Å². The molecule has 0 radical (unpaired) electrons. The lowest BCUT2D eigenvalue weighted by Gasteiger charge is -2.44. The van der Waals surface area contributed by atoms with Crippen molar-refractivity contribution >= 4 is 85.4 Å². The lowest BCUT2D eigenvalue weighted by atomic mass is 9.94. The van der Waals surface area contributed by atoms with Gasteiger partial charge in [0.05, 0.1) is 61.0 Å². The van der Waals surface area contributed by atoms with Crippen LogP contribution in [0.5, 0.6) is 0 Å². The molecule has 4 aliphatic rings. The van der Waals surface area contributed by atoms with E-state index in [2.05, 4.69) is 116 Å². The minimum Gasteiger partial charge on any atom is -0.349 e. The number of aromatic nitrogens is 12. The summed E-state index contributed by atoms with van der Waals surface area (Å²) in [6, 6.07) is 24.9. The maximum atomic E-state index is 16.5. The predicted molar refractivity (Wildman–Crippen MR) is 522 cm³/mol. The first kappa shape index (κ1) is 96.2. The monoisotopic (exact) mass is 1800 g/mol. The summed E-state index contributed by atoms with van der Waals surface area (Å²) >= 11 is 6.93. The van der Waals surface area contributed by atoms with E-state index in [0.29, 0.717) is 130 Å². The summed E-state index contributed by atoms with van der Waals surface area (Å²) in [7, 11) is 0. The molecule has 3 saturated heterocycles. The summed E-state index contributed by atoms with van der Waals surface area (Å²) in [6.45, 7) is 56.4. The number of carbonyl (C=O) groups excluding carboxylic acids is 3. The van der Waals surface area contributed by atoms with Crippen molar-refractivity contribution in [2.75, 3.05) is 67.1 Å². The third-order valence-corrected chi connectivity index (χ3v) is 26.1. The highest BCUT2D eigenvalue weighted by Gasteiger charge is 2.40. The van der Waals surface area contributed by atoms with E-state index in [1.807, 2.05) is 171 Å². The van der Waals surface area contributed by atoms with Crippen LogP contribution in [-0.2, 0) is 20.9 Å². The molecule has 12 heterocycles. The third kappa shape index (κ3) is 19.3. The van der Waals surface area contributed by atoms with E-state index in [0.717, 1.165) is 94.9 Å². The number of amides is 3. The number of nitrogens with zero attached hydrogens (tertiary/aromatic N) is 19. The van der Waals surface area contributed by atoms with E-state index < -0.39 is 28.7 Å². The fourth-order valence-corrected chi connectivity index (χ4v) is 19.1. The van der Waals surface area contributed by atoms with Gasteiger partial charge in [-0.05, 0) is 212 Å². The average molecular weight is 1800 g/mol. The Hall–Kier alpha value is -12.4. The quantitative estimate of drug-likeness (QED) is 0.0606. The Balaban J connectivity index is 0.000000168. The van der Waals surface area contributed by atoms with Gasteiger partial charge in [0.25, 0.3) is 0 Å². The van der Waals surface area contributed by atoms with Gasteiger partial charge in [0.1, 0.15) is 40.5 Å². The molecule has 9 aromatic heterocycles. The molecule has 28 heteroatoms. The van der Waals surface area contributed by atoms with Crippen molar-refractivity contribution in [2.45, 2.75) is 237 Å². The van der Waals surface area contributed by atoms with Crippen molar-refractivity contribution in [3.05, 3.63) is 246 Å². The van der Waals surface area contributed by atoms with Gasteiger partial charge in [-0.25, -0.2) is 51.8 Å². The fourth-order valence-electron chi connectivity index (χ4n) is 18.8. The number of fused-ring (bicyclic) bond motifs is 3. The van der Waals surface area contributed by atoms with Gasteiger partial charge in [0, 0.05) is 112 Å². The molecular weight excluding hydrogens is 1670 g/mol.